The normalized spacial score (nSPS) is 10.1. The molecule has 0 saturated heterocycles. The van der Waals surface area contributed by atoms with E-state index in [0.29, 0.717) is 16.5 Å². The van der Waals surface area contributed by atoms with Crippen molar-refractivity contribution in [2.75, 3.05) is 14.2 Å². The lowest BCUT2D eigenvalue weighted by Gasteiger charge is -2.08. The number of thioether (sulfide) groups is 1. The van der Waals surface area contributed by atoms with Gasteiger partial charge in [-0.3, -0.25) is 0 Å². The van der Waals surface area contributed by atoms with Crippen LogP contribution in [0.1, 0.15) is 15.9 Å². The first-order chi connectivity index (χ1) is 9.74. The van der Waals surface area contributed by atoms with Gasteiger partial charge in [-0.25, -0.2) is 9.78 Å². The monoisotopic (exact) mass is 289 g/mol. The minimum atomic E-state index is -0.393. The summed E-state index contributed by atoms with van der Waals surface area (Å²) in [5.74, 6) is 0.814. The van der Waals surface area contributed by atoms with Crippen LogP contribution in [-0.4, -0.2) is 25.2 Å². The van der Waals surface area contributed by atoms with E-state index in [0.717, 1.165) is 11.3 Å². The molecule has 0 aliphatic carbocycles. The Hall–Kier alpha value is -2.01. The average Bonchev–Trinajstić information content (AvgIpc) is 2.52. The number of esters is 1. The first-order valence-electron chi connectivity index (χ1n) is 6.04. The van der Waals surface area contributed by atoms with Crippen LogP contribution in [0.3, 0.4) is 0 Å². The van der Waals surface area contributed by atoms with Crippen LogP contribution in [0.5, 0.6) is 5.88 Å². The zero-order valence-electron chi connectivity index (χ0n) is 11.3. The molecule has 20 heavy (non-hydrogen) atoms. The van der Waals surface area contributed by atoms with Crippen molar-refractivity contribution in [2.24, 2.45) is 0 Å². The van der Waals surface area contributed by atoms with E-state index in [4.69, 9.17) is 9.47 Å². The first kappa shape index (κ1) is 14.4. The highest BCUT2D eigenvalue weighted by Gasteiger charge is 2.15. The Morgan fingerprint density at radius 3 is 2.55 bits per heavy atom. The summed E-state index contributed by atoms with van der Waals surface area (Å²) in [6.45, 7) is 0. The highest BCUT2D eigenvalue weighted by atomic mass is 32.2. The van der Waals surface area contributed by atoms with Gasteiger partial charge in [-0.05, 0) is 11.6 Å². The van der Waals surface area contributed by atoms with Gasteiger partial charge in [-0.15, -0.1) is 11.8 Å². The Labute approximate surface area is 122 Å². The molecule has 0 fully saturated rings. The second-order valence-corrected chi connectivity index (χ2v) is 4.94. The molecule has 0 atom stereocenters. The number of methoxy groups -OCH3 is 2. The minimum absolute atomic E-state index is 0.393. The maximum absolute atomic E-state index is 11.7. The van der Waals surface area contributed by atoms with Crippen molar-refractivity contribution in [1.29, 1.82) is 0 Å². The lowest BCUT2D eigenvalue weighted by atomic mass is 10.2. The summed E-state index contributed by atoms with van der Waals surface area (Å²) in [5.41, 5.74) is 1.62. The van der Waals surface area contributed by atoms with Crippen LogP contribution in [0.15, 0.2) is 47.5 Å². The number of hydrogen-bond acceptors (Lipinski definition) is 5. The van der Waals surface area contributed by atoms with E-state index in [-0.39, 0.29) is 0 Å². The van der Waals surface area contributed by atoms with Gasteiger partial charge in [0.25, 0.3) is 0 Å². The standard InChI is InChI=1S/C15H15NO3S/c1-18-13-9-8-12(15(17)19-2)14(16-13)20-10-11-6-4-3-5-7-11/h3-9H,10H2,1-2H3. The molecule has 0 amide bonds. The molecule has 1 aromatic carbocycles. The SMILES string of the molecule is COC(=O)c1ccc(OC)nc1SCc1ccccc1. The molecular formula is C15H15NO3S. The Balaban J connectivity index is 2.21. The van der Waals surface area contributed by atoms with E-state index < -0.39 is 5.97 Å². The van der Waals surface area contributed by atoms with Gasteiger partial charge < -0.3 is 9.47 Å². The van der Waals surface area contributed by atoms with Crippen molar-refractivity contribution in [2.45, 2.75) is 10.8 Å². The third kappa shape index (κ3) is 3.51. The predicted octanol–water partition coefficient (Wildman–Crippen LogP) is 3.17. The summed E-state index contributed by atoms with van der Waals surface area (Å²) >= 11 is 1.48. The predicted molar refractivity (Wildman–Crippen MR) is 78.1 cm³/mol. The zero-order valence-corrected chi connectivity index (χ0v) is 12.1. The summed E-state index contributed by atoms with van der Waals surface area (Å²) in [5, 5.41) is 0.611. The molecule has 4 nitrogen and oxygen atoms in total. The summed E-state index contributed by atoms with van der Waals surface area (Å²) in [6, 6.07) is 13.3. The number of pyridine rings is 1. The van der Waals surface area contributed by atoms with Gasteiger partial charge in [0.15, 0.2) is 0 Å². The van der Waals surface area contributed by atoms with Crippen LogP contribution < -0.4 is 4.74 Å². The van der Waals surface area contributed by atoms with E-state index in [1.165, 1.54) is 18.9 Å². The number of nitrogens with zero attached hydrogens (tertiary/aromatic N) is 1. The molecule has 2 aromatic rings. The number of carbonyl (C=O) groups is 1. The lowest BCUT2D eigenvalue weighted by molar-refractivity contribution is 0.0595. The van der Waals surface area contributed by atoms with E-state index in [1.54, 1.807) is 19.2 Å². The lowest BCUT2D eigenvalue weighted by Crippen LogP contribution is -2.05. The van der Waals surface area contributed by atoms with Gasteiger partial charge >= 0.3 is 5.97 Å². The molecule has 0 bridgehead atoms. The highest BCUT2D eigenvalue weighted by molar-refractivity contribution is 7.98. The minimum Gasteiger partial charge on any atom is -0.481 e. The highest BCUT2D eigenvalue weighted by Crippen LogP contribution is 2.27. The molecular weight excluding hydrogens is 274 g/mol. The van der Waals surface area contributed by atoms with Crippen LogP contribution in [0, 0.1) is 0 Å². The summed E-state index contributed by atoms with van der Waals surface area (Å²) < 4.78 is 9.87. The number of hydrogen-bond donors (Lipinski definition) is 0. The smallest absolute Gasteiger partial charge is 0.340 e. The fraction of sp³-hybridized carbons (Fsp3) is 0.200. The Morgan fingerprint density at radius 1 is 1.15 bits per heavy atom. The largest absolute Gasteiger partial charge is 0.481 e. The topological polar surface area (TPSA) is 48.4 Å². The second-order valence-electron chi connectivity index (χ2n) is 3.97. The molecule has 1 heterocycles. The van der Waals surface area contributed by atoms with E-state index in [2.05, 4.69) is 4.98 Å². The summed E-state index contributed by atoms with van der Waals surface area (Å²) in [6.07, 6.45) is 0. The molecule has 104 valence electrons. The fourth-order valence-electron chi connectivity index (χ4n) is 1.64. The van der Waals surface area contributed by atoms with Crippen LogP contribution in [0.4, 0.5) is 0 Å². The van der Waals surface area contributed by atoms with Gasteiger partial charge in [0, 0.05) is 11.8 Å². The number of benzene rings is 1. The summed E-state index contributed by atoms with van der Waals surface area (Å²) in [4.78, 5) is 16.0. The maximum Gasteiger partial charge on any atom is 0.340 e. The quantitative estimate of drug-likeness (QED) is 0.625. The molecule has 2 rings (SSSR count). The number of carbonyl (C=O) groups excluding carboxylic acids is 1. The van der Waals surface area contributed by atoms with E-state index >= 15 is 0 Å². The molecule has 0 saturated carbocycles. The molecule has 0 N–H and O–H groups in total. The number of ether oxygens (including phenoxy) is 2. The molecule has 0 unspecified atom stereocenters. The fourth-order valence-corrected chi connectivity index (χ4v) is 2.60. The van der Waals surface area contributed by atoms with Crippen molar-refractivity contribution in [1.82, 2.24) is 4.98 Å². The van der Waals surface area contributed by atoms with E-state index in [1.807, 2.05) is 30.3 Å². The van der Waals surface area contributed by atoms with Crippen molar-refractivity contribution < 1.29 is 14.3 Å². The molecule has 0 aliphatic rings. The van der Waals surface area contributed by atoms with Gasteiger partial charge in [-0.1, -0.05) is 30.3 Å². The van der Waals surface area contributed by atoms with Crippen LogP contribution in [0.2, 0.25) is 0 Å². The van der Waals surface area contributed by atoms with Crippen LogP contribution in [-0.2, 0) is 10.5 Å². The van der Waals surface area contributed by atoms with Gasteiger partial charge in [0.1, 0.15) is 5.03 Å². The molecule has 5 heteroatoms. The van der Waals surface area contributed by atoms with Crippen molar-refractivity contribution in [3.8, 4) is 5.88 Å². The first-order valence-corrected chi connectivity index (χ1v) is 7.03. The van der Waals surface area contributed by atoms with Crippen LogP contribution in [0.25, 0.3) is 0 Å². The zero-order chi connectivity index (χ0) is 14.4. The maximum atomic E-state index is 11.7. The Bertz CT molecular complexity index is 587. The van der Waals surface area contributed by atoms with E-state index in [9.17, 15) is 4.79 Å². The van der Waals surface area contributed by atoms with Crippen molar-refractivity contribution >= 4 is 17.7 Å². The number of aromatic nitrogens is 1. The number of rotatable bonds is 5. The van der Waals surface area contributed by atoms with Crippen LogP contribution >= 0.6 is 11.8 Å². The average molecular weight is 289 g/mol. The molecule has 1 aromatic heterocycles. The Kier molecular flexibility index (Phi) is 5.01. The molecule has 0 radical (unpaired) electrons. The third-order valence-electron chi connectivity index (χ3n) is 2.67. The van der Waals surface area contributed by atoms with Gasteiger partial charge in [-0.2, -0.15) is 0 Å². The molecule has 0 aliphatic heterocycles. The third-order valence-corrected chi connectivity index (χ3v) is 3.73. The van der Waals surface area contributed by atoms with Crippen molar-refractivity contribution in [3.05, 3.63) is 53.6 Å². The Morgan fingerprint density at radius 2 is 1.90 bits per heavy atom. The van der Waals surface area contributed by atoms with Gasteiger partial charge in [0.2, 0.25) is 5.88 Å². The molecule has 0 spiro atoms. The van der Waals surface area contributed by atoms with Gasteiger partial charge in [0.05, 0.1) is 19.8 Å². The summed E-state index contributed by atoms with van der Waals surface area (Å²) in [7, 11) is 2.91. The van der Waals surface area contributed by atoms with Crippen molar-refractivity contribution in [3.63, 3.8) is 0 Å². The second kappa shape index (κ2) is 6.96.